The topological polar surface area (TPSA) is 97.0 Å². The average Bonchev–Trinajstić information content (AvgIpc) is 2.70. The molecule has 0 saturated carbocycles. The van der Waals surface area contributed by atoms with Crippen LogP contribution >= 0.6 is 0 Å². The molecule has 30 heavy (non-hydrogen) atoms. The number of nitrogen functional groups attached to an aromatic ring is 1. The van der Waals surface area contributed by atoms with Crippen LogP contribution < -0.4 is 11.1 Å². The zero-order chi connectivity index (χ0) is 21.3. The van der Waals surface area contributed by atoms with Crippen LogP contribution in [-0.2, 0) is 5.92 Å². The van der Waals surface area contributed by atoms with Gasteiger partial charge in [-0.15, -0.1) is 0 Å². The maximum absolute atomic E-state index is 14.5. The van der Waals surface area contributed by atoms with Gasteiger partial charge in [0.05, 0.1) is 17.3 Å². The van der Waals surface area contributed by atoms with Crippen LogP contribution in [-0.4, -0.2) is 39.0 Å². The summed E-state index contributed by atoms with van der Waals surface area (Å²) in [5, 5.41) is 2.55. The maximum atomic E-state index is 14.5. The second-order valence-electron chi connectivity index (χ2n) is 6.87. The highest BCUT2D eigenvalue weighted by Gasteiger charge is 2.51. The molecule has 1 aromatic carbocycles. The average molecular weight is 414 g/mol. The van der Waals surface area contributed by atoms with Crippen LogP contribution in [0.25, 0.3) is 11.3 Å². The minimum atomic E-state index is -3.24. The normalized spacial score (nSPS) is 14.3. The van der Waals surface area contributed by atoms with Crippen molar-refractivity contribution in [1.29, 1.82) is 0 Å². The molecule has 1 aliphatic heterocycles. The number of nitrogens with two attached hydrogens (primary N) is 1. The minimum absolute atomic E-state index is 0.100. The third-order valence-corrected chi connectivity index (χ3v) is 4.84. The highest BCUT2D eigenvalue weighted by molar-refractivity contribution is 5.92. The van der Waals surface area contributed by atoms with Crippen molar-refractivity contribution in [3.8, 4) is 11.3 Å². The van der Waals surface area contributed by atoms with Gasteiger partial charge >= 0.3 is 12.0 Å². The lowest BCUT2D eigenvalue weighted by molar-refractivity contribution is -0.117. The summed E-state index contributed by atoms with van der Waals surface area (Å²) >= 11 is 0. The molecule has 0 bridgehead atoms. The molecule has 0 radical (unpaired) electrons. The monoisotopic (exact) mass is 414 g/mol. The van der Waals surface area contributed by atoms with E-state index in [1.165, 1.54) is 35.5 Å². The number of nitrogens with zero attached hydrogens (tertiary/aromatic N) is 4. The van der Waals surface area contributed by atoms with Crippen molar-refractivity contribution in [2.75, 3.05) is 24.1 Å². The number of pyridine rings is 1. The molecule has 0 spiro atoms. The van der Waals surface area contributed by atoms with E-state index in [2.05, 4.69) is 20.3 Å². The van der Waals surface area contributed by atoms with E-state index in [-0.39, 0.29) is 30.4 Å². The molecule has 0 aliphatic carbocycles. The number of amides is 2. The van der Waals surface area contributed by atoms with Crippen molar-refractivity contribution >= 4 is 17.5 Å². The maximum Gasteiger partial charge on any atom is 0.323 e. The van der Waals surface area contributed by atoms with E-state index in [0.29, 0.717) is 11.3 Å². The Morgan fingerprint density at radius 1 is 1.10 bits per heavy atom. The Bertz CT molecular complexity index is 1060. The number of carbonyl (C=O) groups is 1. The van der Waals surface area contributed by atoms with Crippen molar-refractivity contribution in [2.24, 2.45) is 5.92 Å². The summed E-state index contributed by atoms with van der Waals surface area (Å²) in [4.78, 5) is 25.2. The van der Waals surface area contributed by atoms with Crippen molar-refractivity contribution < 1.29 is 18.0 Å². The first-order chi connectivity index (χ1) is 14.3. The molecule has 3 heterocycles. The number of rotatable bonds is 4. The fourth-order valence-corrected chi connectivity index (χ4v) is 3.06. The molecule has 1 saturated heterocycles. The first-order valence-corrected chi connectivity index (χ1v) is 9.08. The Morgan fingerprint density at radius 2 is 1.77 bits per heavy atom. The summed E-state index contributed by atoms with van der Waals surface area (Å²) in [7, 11) is 0. The summed E-state index contributed by atoms with van der Waals surface area (Å²) in [6, 6.07) is 9.74. The molecule has 2 aromatic heterocycles. The third kappa shape index (κ3) is 3.76. The van der Waals surface area contributed by atoms with Gasteiger partial charge in [0.15, 0.2) is 11.6 Å². The van der Waals surface area contributed by atoms with Crippen LogP contribution in [0.1, 0.15) is 5.82 Å². The van der Waals surface area contributed by atoms with Gasteiger partial charge in [0.25, 0.3) is 0 Å². The molecule has 1 aliphatic rings. The van der Waals surface area contributed by atoms with Gasteiger partial charge in [-0.05, 0) is 42.5 Å². The smallest absolute Gasteiger partial charge is 0.323 e. The number of carbonyl (C=O) groups excluding carboxylic acids is 1. The van der Waals surface area contributed by atoms with Crippen molar-refractivity contribution in [3.63, 3.8) is 0 Å². The SMILES string of the molecule is Nc1ccc(-c2ccc(F)cc2)nc1NC(=O)N1CC(C(F)(F)c2ncccn2)C1. The number of anilines is 2. The summed E-state index contributed by atoms with van der Waals surface area (Å²) in [5.74, 6) is -5.16. The number of hydrogen-bond acceptors (Lipinski definition) is 5. The molecule has 10 heteroatoms. The van der Waals surface area contributed by atoms with Gasteiger partial charge in [0, 0.05) is 31.0 Å². The first kappa shape index (κ1) is 19.6. The lowest BCUT2D eigenvalue weighted by atomic mass is 9.92. The molecule has 0 unspecified atom stereocenters. The Morgan fingerprint density at radius 3 is 2.43 bits per heavy atom. The minimum Gasteiger partial charge on any atom is -0.396 e. The lowest BCUT2D eigenvalue weighted by Crippen LogP contribution is -2.57. The third-order valence-electron chi connectivity index (χ3n) is 4.84. The molecule has 154 valence electrons. The van der Waals surface area contributed by atoms with Crippen LogP contribution in [0.5, 0.6) is 0 Å². The number of aromatic nitrogens is 3. The summed E-state index contributed by atoms with van der Waals surface area (Å²) in [6.07, 6.45) is 2.50. The Labute approximate surface area is 169 Å². The number of hydrogen-bond donors (Lipinski definition) is 2. The predicted molar refractivity (Wildman–Crippen MR) is 104 cm³/mol. The van der Waals surface area contributed by atoms with Crippen molar-refractivity contribution in [1.82, 2.24) is 19.9 Å². The molecule has 2 amide bonds. The van der Waals surface area contributed by atoms with Gasteiger partial charge in [-0.3, -0.25) is 5.32 Å². The van der Waals surface area contributed by atoms with E-state index in [9.17, 15) is 18.0 Å². The number of alkyl halides is 2. The Hall–Kier alpha value is -3.69. The fraction of sp³-hybridized carbons (Fsp3) is 0.200. The number of benzene rings is 1. The van der Waals surface area contributed by atoms with Gasteiger partial charge in [-0.2, -0.15) is 8.78 Å². The molecular formula is C20H17F3N6O. The van der Waals surface area contributed by atoms with Crippen LogP contribution in [0.4, 0.5) is 29.5 Å². The fourth-order valence-electron chi connectivity index (χ4n) is 3.06. The van der Waals surface area contributed by atoms with Crippen molar-refractivity contribution in [2.45, 2.75) is 5.92 Å². The molecule has 1 fully saturated rings. The van der Waals surface area contributed by atoms with E-state index >= 15 is 0 Å². The van der Waals surface area contributed by atoms with Crippen LogP contribution in [0.2, 0.25) is 0 Å². The predicted octanol–water partition coefficient (Wildman–Crippen LogP) is 3.52. The second kappa shape index (κ2) is 7.62. The molecule has 4 rings (SSSR count). The molecule has 0 atom stereocenters. The standard InChI is InChI=1S/C20H17F3N6O/c21-14-4-2-12(3-5-14)16-7-6-15(24)17(27-16)28-19(30)29-10-13(11-29)20(22,23)18-25-8-1-9-26-18/h1-9,13H,10-11,24H2,(H,27,28,30). The number of nitrogens with one attached hydrogen (secondary N) is 1. The Kier molecular flexibility index (Phi) is 4.98. The van der Waals surface area contributed by atoms with Gasteiger partial charge < -0.3 is 10.6 Å². The largest absolute Gasteiger partial charge is 0.396 e. The molecular weight excluding hydrogens is 397 g/mol. The van der Waals surface area contributed by atoms with E-state index in [1.54, 1.807) is 24.3 Å². The highest BCUT2D eigenvalue weighted by Crippen LogP contribution is 2.39. The summed E-state index contributed by atoms with van der Waals surface area (Å²) < 4.78 is 42.0. The van der Waals surface area contributed by atoms with E-state index < -0.39 is 23.7 Å². The van der Waals surface area contributed by atoms with Gasteiger partial charge in [-0.25, -0.2) is 24.1 Å². The molecule has 3 aromatic rings. The molecule has 3 N–H and O–H groups in total. The van der Waals surface area contributed by atoms with E-state index in [1.807, 2.05) is 0 Å². The number of halogens is 3. The highest BCUT2D eigenvalue weighted by atomic mass is 19.3. The lowest BCUT2D eigenvalue weighted by Gasteiger charge is -2.42. The zero-order valence-corrected chi connectivity index (χ0v) is 15.6. The quantitative estimate of drug-likeness (QED) is 0.681. The van der Waals surface area contributed by atoms with Crippen LogP contribution in [0.15, 0.2) is 54.9 Å². The van der Waals surface area contributed by atoms with E-state index in [0.717, 1.165) is 0 Å². The van der Waals surface area contributed by atoms with Gasteiger partial charge in [0.1, 0.15) is 5.82 Å². The number of urea groups is 1. The summed E-state index contributed by atoms with van der Waals surface area (Å²) in [5.41, 5.74) is 7.21. The summed E-state index contributed by atoms with van der Waals surface area (Å²) in [6.45, 7) is -0.316. The van der Waals surface area contributed by atoms with Crippen molar-refractivity contribution in [3.05, 3.63) is 66.5 Å². The molecule has 7 nitrogen and oxygen atoms in total. The number of likely N-dealkylation sites (tertiary alicyclic amines) is 1. The first-order valence-electron chi connectivity index (χ1n) is 9.08. The van der Waals surface area contributed by atoms with Gasteiger partial charge in [0.2, 0.25) is 0 Å². The zero-order valence-electron chi connectivity index (χ0n) is 15.6. The Balaban J connectivity index is 1.43. The van der Waals surface area contributed by atoms with Gasteiger partial charge in [-0.1, -0.05) is 0 Å². The van der Waals surface area contributed by atoms with Crippen LogP contribution in [0.3, 0.4) is 0 Å². The van der Waals surface area contributed by atoms with Crippen LogP contribution in [0, 0.1) is 11.7 Å². The second-order valence-corrected chi connectivity index (χ2v) is 6.87. The van der Waals surface area contributed by atoms with E-state index in [4.69, 9.17) is 5.73 Å².